The van der Waals surface area contributed by atoms with Gasteiger partial charge in [0.15, 0.2) is 0 Å². The van der Waals surface area contributed by atoms with E-state index in [0.717, 1.165) is 30.6 Å². The summed E-state index contributed by atoms with van der Waals surface area (Å²) in [6, 6.07) is 0. The van der Waals surface area contributed by atoms with E-state index in [-0.39, 0.29) is 17.5 Å². The summed E-state index contributed by atoms with van der Waals surface area (Å²) in [6.45, 7) is 7.29. The Labute approximate surface area is 172 Å². The van der Waals surface area contributed by atoms with Crippen LogP contribution < -0.4 is 0 Å². The van der Waals surface area contributed by atoms with Crippen molar-refractivity contribution in [2.45, 2.75) is 97.5 Å². The van der Waals surface area contributed by atoms with Crippen molar-refractivity contribution in [1.29, 1.82) is 0 Å². The minimum absolute atomic E-state index is 0.0363. The van der Waals surface area contributed by atoms with Gasteiger partial charge >= 0.3 is 5.97 Å². The molecule has 0 spiro atoms. The largest absolute Gasteiger partial charge is 0.469 e. The van der Waals surface area contributed by atoms with E-state index in [1.807, 2.05) is 0 Å². The predicted molar refractivity (Wildman–Crippen MR) is 112 cm³/mol. The fourth-order valence-electron chi connectivity index (χ4n) is 8.87. The van der Waals surface area contributed by atoms with Gasteiger partial charge in [-0.1, -0.05) is 33.6 Å². The molecule has 4 saturated carbocycles. The van der Waals surface area contributed by atoms with E-state index in [0.29, 0.717) is 29.6 Å². The standard InChI is InChI=1S/C25H42O3/c1-16(8-13-23(27)28-4)19-11-12-20-18-10-9-17-7-5-6-14-24(17,2)21(18)15-22(26)25(19,20)3/h16-22,26H,5-15H2,1-4H3/t16-,17-,18-,19-,20+,21+,22+,24-,25+/m0/s1. The van der Waals surface area contributed by atoms with Crippen molar-refractivity contribution in [3.8, 4) is 0 Å². The number of aliphatic hydroxyl groups excluding tert-OH is 1. The monoisotopic (exact) mass is 390 g/mol. The Morgan fingerprint density at radius 1 is 1.11 bits per heavy atom. The van der Waals surface area contributed by atoms with Crippen molar-refractivity contribution in [2.24, 2.45) is 46.3 Å². The number of carbonyl (C=O) groups excluding carboxylic acids is 1. The van der Waals surface area contributed by atoms with Crippen LogP contribution in [0.1, 0.15) is 91.4 Å². The van der Waals surface area contributed by atoms with Gasteiger partial charge in [-0.3, -0.25) is 4.79 Å². The number of methoxy groups -OCH3 is 1. The minimum Gasteiger partial charge on any atom is -0.469 e. The van der Waals surface area contributed by atoms with Gasteiger partial charge in [-0.05, 0) is 97.7 Å². The Kier molecular flexibility index (Phi) is 5.61. The first-order valence-electron chi connectivity index (χ1n) is 12.1. The number of esters is 1. The molecule has 160 valence electrons. The Hall–Kier alpha value is -0.570. The summed E-state index contributed by atoms with van der Waals surface area (Å²) in [6.07, 6.45) is 13.2. The summed E-state index contributed by atoms with van der Waals surface area (Å²) in [7, 11) is 1.48. The molecule has 0 saturated heterocycles. The van der Waals surface area contributed by atoms with Crippen molar-refractivity contribution in [2.75, 3.05) is 7.11 Å². The van der Waals surface area contributed by atoms with Gasteiger partial charge in [0.05, 0.1) is 13.2 Å². The molecule has 0 bridgehead atoms. The Morgan fingerprint density at radius 2 is 1.89 bits per heavy atom. The van der Waals surface area contributed by atoms with E-state index in [9.17, 15) is 9.90 Å². The third-order valence-electron chi connectivity index (χ3n) is 10.5. The van der Waals surface area contributed by atoms with Crippen LogP contribution in [0, 0.1) is 46.3 Å². The third-order valence-corrected chi connectivity index (χ3v) is 10.5. The van der Waals surface area contributed by atoms with Crippen molar-refractivity contribution in [3.63, 3.8) is 0 Å². The van der Waals surface area contributed by atoms with Gasteiger partial charge in [-0.2, -0.15) is 0 Å². The normalized spacial score (nSPS) is 48.9. The molecule has 4 rings (SSSR count). The first kappa shape index (κ1) is 20.7. The highest BCUT2D eigenvalue weighted by Gasteiger charge is 2.63. The third kappa shape index (κ3) is 3.06. The van der Waals surface area contributed by atoms with Crippen LogP contribution in [0.5, 0.6) is 0 Å². The lowest BCUT2D eigenvalue weighted by Crippen LogP contribution is -2.58. The molecule has 4 fully saturated rings. The van der Waals surface area contributed by atoms with Crippen molar-refractivity contribution < 1.29 is 14.6 Å². The summed E-state index contributed by atoms with van der Waals surface area (Å²) < 4.78 is 4.86. The fraction of sp³-hybridized carbons (Fsp3) is 0.960. The maximum atomic E-state index is 11.6. The molecule has 9 atom stereocenters. The molecular formula is C25H42O3. The lowest BCUT2D eigenvalue weighted by Gasteiger charge is -2.62. The van der Waals surface area contributed by atoms with Crippen LogP contribution in [0.15, 0.2) is 0 Å². The number of hydrogen-bond donors (Lipinski definition) is 1. The molecule has 3 heteroatoms. The van der Waals surface area contributed by atoms with Crippen LogP contribution in [-0.2, 0) is 9.53 Å². The topological polar surface area (TPSA) is 46.5 Å². The molecule has 3 nitrogen and oxygen atoms in total. The second-order valence-electron chi connectivity index (χ2n) is 11.3. The first-order valence-corrected chi connectivity index (χ1v) is 12.1. The van der Waals surface area contributed by atoms with E-state index in [1.165, 1.54) is 58.5 Å². The second kappa shape index (κ2) is 7.60. The molecule has 0 heterocycles. The fourth-order valence-corrected chi connectivity index (χ4v) is 8.87. The molecule has 4 aliphatic carbocycles. The van der Waals surface area contributed by atoms with Crippen LogP contribution in [0.3, 0.4) is 0 Å². The Bertz CT molecular complexity index is 588. The highest BCUT2D eigenvalue weighted by atomic mass is 16.5. The number of ether oxygens (including phenoxy) is 1. The zero-order valence-corrected chi connectivity index (χ0v) is 18.6. The van der Waals surface area contributed by atoms with E-state index < -0.39 is 0 Å². The van der Waals surface area contributed by atoms with Crippen LogP contribution in [-0.4, -0.2) is 24.3 Å². The molecule has 0 aliphatic heterocycles. The quantitative estimate of drug-likeness (QED) is 0.636. The van der Waals surface area contributed by atoms with E-state index in [4.69, 9.17) is 4.74 Å². The van der Waals surface area contributed by atoms with Gasteiger partial charge in [-0.25, -0.2) is 0 Å². The zero-order chi connectivity index (χ0) is 20.1. The Morgan fingerprint density at radius 3 is 2.64 bits per heavy atom. The summed E-state index contributed by atoms with van der Waals surface area (Å²) in [5, 5.41) is 11.5. The molecule has 1 N–H and O–H groups in total. The van der Waals surface area contributed by atoms with Crippen LogP contribution in [0.4, 0.5) is 0 Å². The number of carbonyl (C=O) groups is 1. The maximum absolute atomic E-state index is 11.6. The first-order chi connectivity index (χ1) is 13.3. The molecule has 4 aliphatic rings. The smallest absolute Gasteiger partial charge is 0.305 e. The van der Waals surface area contributed by atoms with Crippen LogP contribution in [0.2, 0.25) is 0 Å². The molecular weight excluding hydrogens is 348 g/mol. The summed E-state index contributed by atoms with van der Waals surface area (Å²) in [5.74, 6) is 4.02. The molecule has 0 radical (unpaired) electrons. The number of hydrogen-bond acceptors (Lipinski definition) is 3. The highest BCUT2D eigenvalue weighted by Crippen LogP contribution is 2.68. The second-order valence-corrected chi connectivity index (χ2v) is 11.3. The number of aliphatic hydroxyl groups is 1. The summed E-state index contributed by atoms with van der Waals surface area (Å²) >= 11 is 0. The van der Waals surface area contributed by atoms with Gasteiger partial charge in [0, 0.05) is 6.42 Å². The average molecular weight is 391 g/mol. The van der Waals surface area contributed by atoms with E-state index in [1.54, 1.807) is 0 Å². The zero-order valence-electron chi connectivity index (χ0n) is 18.6. The lowest BCUT2D eigenvalue weighted by atomic mass is 9.44. The van der Waals surface area contributed by atoms with Gasteiger partial charge in [0.2, 0.25) is 0 Å². The molecule has 0 aromatic rings. The molecule has 0 amide bonds. The molecule has 0 aromatic carbocycles. The lowest BCUT2D eigenvalue weighted by molar-refractivity contribution is -0.168. The summed E-state index contributed by atoms with van der Waals surface area (Å²) in [5.41, 5.74) is 0.507. The maximum Gasteiger partial charge on any atom is 0.305 e. The van der Waals surface area contributed by atoms with Crippen molar-refractivity contribution in [1.82, 2.24) is 0 Å². The number of fused-ring (bicyclic) bond motifs is 5. The average Bonchev–Trinajstić information content (AvgIpc) is 3.05. The number of rotatable bonds is 4. The van der Waals surface area contributed by atoms with Gasteiger partial charge < -0.3 is 9.84 Å². The van der Waals surface area contributed by atoms with E-state index >= 15 is 0 Å². The predicted octanol–water partition coefficient (Wildman–Crippen LogP) is 5.60. The SMILES string of the molecule is COC(=O)CC[C@H](C)[C@@H]1CC[C@@H]2[C@@H]3CC[C@@H]4CCCC[C@]4(C)[C@@H]3C[C@@H](O)[C@@]21C. The molecule has 28 heavy (non-hydrogen) atoms. The van der Waals surface area contributed by atoms with Gasteiger partial charge in [0.25, 0.3) is 0 Å². The molecule has 0 unspecified atom stereocenters. The van der Waals surface area contributed by atoms with Gasteiger partial charge in [-0.15, -0.1) is 0 Å². The van der Waals surface area contributed by atoms with Crippen LogP contribution in [0.25, 0.3) is 0 Å². The molecule has 0 aromatic heterocycles. The highest BCUT2D eigenvalue weighted by molar-refractivity contribution is 5.69. The van der Waals surface area contributed by atoms with Gasteiger partial charge in [0.1, 0.15) is 0 Å². The Balaban J connectivity index is 1.54. The minimum atomic E-state index is -0.177. The van der Waals surface area contributed by atoms with Crippen LogP contribution >= 0.6 is 0 Å². The van der Waals surface area contributed by atoms with Crippen molar-refractivity contribution >= 4 is 5.97 Å². The summed E-state index contributed by atoms with van der Waals surface area (Å²) in [4.78, 5) is 11.6. The van der Waals surface area contributed by atoms with Crippen molar-refractivity contribution in [3.05, 3.63) is 0 Å². The van der Waals surface area contributed by atoms with E-state index in [2.05, 4.69) is 20.8 Å².